The van der Waals surface area contributed by atoms with Crippen LogP contribution >= 0.6 is 0 Å². The summed E-state index contributed by atoms with van der Waals surface area (Å²) < 4.78 is 11.2. The van der Waals surface area contributed by atoms with Gasteiger partial charge in [0.25, 0.3) is 0 Å². The minimum atomic E-state index is -0.450. The molecular weight excluding hydrogens is 288 g/mol. The molecule has 0 aliphatic heterocycles. The molecule has 23 heavy (non-hydrogen) atoms. The van der Waals surface area contributed by atoms with Gasteiger partial charge in [-0.1, -0.05) is 48.5 Å². The molecule has 0 aliphatic carbocycles. The van der Waals surface area contributed by atoms with Crippen molar-refractivity contribution in [3.8, 4) is 5.75 Å². The van der Waals surface area contributed by atoms with Gasteiger partial charge in [0.1, 0.15) is 5.75 Å². The van der Waals surface area contributed by atoms with Crippen LogP contribution in [-0.2, 0) is 11.3 Å². The Morgan fingerprint density at radius 2 is 1.78 bits per heavy atom. The fourth-order valence-electron chi connectivity index (χ4n) is 2.42. The molecule has 0 radical (unpaired) electrons. The third kappa shape index (κ3) is 5.55. The van der Waals surface area contributed by atoms with Crippen LogP contribution in [0.15, 0.2) is 67.3 Å². The summed E-state index contributed by atoms with van der Waals surface area (Å²) in [7, 11) is 1.65. The number of methoxy groups -OCH3 is 1. The third-order valence-electron chi connectivity index (χ3n) is 3.71. The highest BCUT2D eigenvalue weighted by Crippen LogP contribution is 2.25. The summed E-state index contributed by atoms with van der Waals surface area (Å²) in [5.74, 6) is 0.828. The van der Waals surface area contributed by atoms with Gasteiger partial charge in [0, 0.05) is 6.42 Å². The molecular formula is C20H24O3. The van der Waals surface area contributed by atoms with Crippen LogP contribution in [0.1, 0.15) is 30.1 Å². The molecule has 0 unspecified atom stereocenters. The van der Waals surface area contributed by atoms with E-state index in [0.29, 0.717) is 19.4 Å². The molecule has 2 aromatic carbocycles. The largest absolute Gasteiger partial charge is 0.497 e. The van der Waals surface area contributed by atoms with Crippen molar-refractivity contribution in [1.29, 1.82) is 0 Å². The molecule has 122 valence electrons. The Morgan fingerprint density at radius 3 is 2.39 bits per heavy atom. The van der Waals surface area contributed by atoms with E-state index in [9.17, 15) is 5.11 Å². The predicted octanol–water partition coefficient (Wildman–Crippen LogP) is 4.28. The first kappa shape index (κ1) is 17.3. The first-order chi connectivity index (χ1) is 11.2. The summed E-state index contributed by atoms with van der Waals surface area (Å²) in [5, 5.41) is 10.1. The number of ether oxygens (including phenoxy) is 2. The Bertz CT molecular complexity index is 578. The van der Waals surface area contributed by atoms with Gasteiger partial charge >= 0.3 is 0 Å². The molecule has 0 amide bonds. The van der Waals surface area contributed by atoms with Gasteiger partial charge in [-0.05, 0) is 29.7 Å². The Hall–Kier alpha value is -2.10. The molecule has 0 bridgehead atoms. The van der Waals surface area contributed by atoms with E-state index in [1.54, 1.807) is 13.2 Å². The van der Waals surface area contributed by atoms with Gasteiger partial charge < -0.3 is 14.6 Å². The van der Waals surface area contributed by atoms with Gasteiger partial charge in [-0.25, -0.2) is 0 Å². The van der Waals surface area contributed by atoms with E-state index < -0.39 is 6.10 Å². The molecule has 0 fully saturated rings. The number of hydrogen-bond donors (Lipinski definition) is 1. The van der Waals surface area contributed by atoms with Gasteiger partial charge in [-0.2, -0.15) is 0 Å². The van der Waals surface area contributed by atoms with Crippen LogP contribution in [0.2, 0.25) is 0 Å². The number of hydrogen-bond acceptors (Lipinski definition) is 3. The van der Waals surface area contributed by atoms with Gasteiger partial charge in [-0.15, -0.1) is 6.58 Å². The van der Waals surface area contributed by atoms with Crippen molar-refractivity contribution < 1.29 is 14.6 Å². The minimum absolute atomic E-state index is 0.145. The van der Waals surface area contributed by atoms with E-state index in [0.717, 1.165) is 16.9 Å². The second kappa shape index (κ2) is 9.13. The standard InChI is InChI=1S/C20H24O3/c1-3-7-18(21)14-20(17-8-5-4-6-9-17)23-15-16-10-12-19(22-2)13-11-16/h3-6,8-13,18,20-21H,1,7,14-15H2,2H3/t18-,20+/m0/s1. The quantitative estimate of drug-likeness (QED) is 0.702. The lowest BCUT2D eigenvalue weighted by Gasteiger charge is -2.21. The molecule has 2 rings (SSSR count). The second-order valence-corrected chi connectivity index (χ2v) is 5.47. The van der Waals surface area contributed by atoms with Crippen LogP contribution in [0.3, 0.4) is 0 Å². The summed E-state index contributed by atoms with van der Waals surface area (Å²) in [6.07, 6.45) is 2.25. The zero-order valence-electron chi connectivity index (χ0n) is 13.5. The Morgan fingerprint density at radius 1 is 1.09 bits per heavy atom. The summed E-state index contributed by atoms with van der Waals surface area (Å²) in [6, 6.07) is 17.8. The molecule has 0 aliphatic rings. The van der Waals surface area contributed by atoms with E-state index in [-0.39, 0.29) is 6.10 Å². The maximum atomic E-state index is 10.1. The molecule has 1 N–H and O–H groups in total. The average molecular weight is 312 g/mol. The predicted molar refractivity (Wildman–Crippen MR) is 92.4 cm³/mol. The maximum Gasteiger partial charge on any atom is 0.118 e. The monoisotopic (exact) mass is 312 g/mol. The molecule has 0 saturated carbocycles. The topological polar surface area (TPSA) is 38.7 Å². The molecule has 0 spiro atoms. The summed E-state index contributed by atoms with van der Waals surface area (Å²) in [4.78, 5) is 0. The third-order valence-corrected chi connectivity index (χ3v) is 3.71. The van der Waals surface area contributed by atoms with Crippen LogP contribution in [-0.4, -0.2) is 18.3 Å². The zero-order valence-corrected chi connectivity index (χ0v) is 13.5. The zero-order chi connectivity index (χ0) is 16.5. The van der Waals surface area contributed by atoms with Crippen LogP contribution in [0.4, 0.5) is 0 Å². The Balaban J connectivity index is 2.02. The molecule has 2 atom stereocenters. The Labute approximate surface area is 138 Å². The lowest BCUT2D eigenvalue weighted by Crippen LogP contribution is -2.14. The highest BCUT2D eigenvalue weighted by molar-refractivity contribution is 5.27. The van der Waals surface area contributed by atoms with Crippen molar-refractivity contribution in [2.24, 2.45) is 0 Å². The molecule has 3 heteroatoms. The molecule has 0 aromatic heterocycles. The van der Waals surface area contributed by atoms with Crippen LogP contribution in [0.5, 0.6) is 5.75 Å². The highest BCUT2D eigenvalue weighted by Gasteiger charge is 2.16. The first-order valence-electron chi connectivity index (χ1n) is 7.81. The molecule has 0 heterocycles. The van der Waals surface area contributed by atoms with Gasteiger partial charge in [0.05, 0.1) is 25.9 Å². The number of aliphatic hydroxyl groups excluding tert-OH is 1. The van der Waals surface area contributed by atoms with Crippen molar-refractivity contribution in [3.05, 3.63) is 78.4 Å². The lowest BCUT2D eigenvalue weighted by molar-refractivity contribution is 0.00312. The SMILES string of the molecule is C=CC[C@H](O)C[C@@H](OCc1ccc(OC)cc1)c1ccccc1. The second-order valence-electron chi connectivity index (χ2n) is 5.47. The van der Waals surface area contributed by atoms with Crippen LogP contribution in [0, 0.1) is 0 Å². The molecule has 2 aromatic rings. The van der Waals surface area contributed by atoms with E-state index >= 15 is 0 Å². The fourth-order valence-corrected chi connectivity index (χ4v) is 2.42. The molecule has 0 saturated heterocycles. The van der Waals surface area contributed by atoms with Crippen molar-refractivity contribution in [2.45, 2.75) is 31.7 Å². The fraction of sp³-hybridized carbons (Fsp3) is 0.300. The van der Waals surface area contributed by atoms with Gasteiger partial charge in [-0.3, -0.25) is 0 Å². The van der Waals surface area contributed by atoms with Crippen molar-refractivity contribution >= 4 is 0 Å². The van der Waals surface area contributed by atoms with E-state index in [2.05, 4.69) is 6.58 Å². The summed E-state index contributed by atoms with van der Waals surface area (Å²) in [5.41, 5.74) is 2.15. The van der Waals surface area contributed by atoms with Crippen LogP contribution < -0.4 is 4.74 Å². The van der Waals surface area contributed by atoms with Crippen molar-refractivity contribution in [2.75, 3.05) is 7.11 Å². The minimum Gasteiger partial charge on any atom is -0.497 e. The van der Waals surface area contributed by atoms with Crippen molar-refractivity contribution in [1.82, 2.24) is 0 Å². The smallest absolute Gasteiger partial charge is 0.118 e. The van der Waals surface area contributed by atoms with E-state index in [4.69, 9.17) is 9.47 Å². The summed E-state index contributed by atoms with van der Waals surface area (Å²) in [6.45, 7) is 4.17. The lowest BCUT2D eigenvalue weighted by atomic mass is 10.0. The maximum absolute atomic E-state index is 10.1. The van der Waals surface area contributed by atoms with Gasteiger partial charge in [0.2, 0.25) is 0 Å². The normalized spacial score (nSPS) is 13.3. The average Bonchev–Trinajstić information content (AvgIpc) is 2.60. The number of rotatable bonds is 9. The van der Waals surface area contributed by atoms with Crippen LogP contribution in [0.25, 0.3) is 0 Å². The van der Waals surface area contributed by atoms with Crippen molar-refractivity contribution in [3.63, 3.8) is 0 Å². The highest BCUT2D eigenvalue weighted by atomic mass is 16.5. The Kier molecular flexibility index (Phi) is 6.85. The van der Waals surface area contributed by atoms with Gasteiger partial charge in [0.15, 0.2) is 0 Å². The first-order valence-corrected chi connectivity index (χ1v) is 7.81. The van der Waals surface area contributed by atoms with E-state index in [1.807, 2.05) is 54.6 Å². The summed E-state index contributed by atoms with van der Waals surface area (Å²) >= 11 is 0. The van der Waals surface area contributed by atoms with E-state index in [1.165, 1.54) is 0 Å². The number of aliphatic hydroxyl groups is 1. The molecule has 3 nitrogen and oxygen atoms in total. The number of benzene rings is 2.